The number of hydrogen-bond donors (Lipinski definition) is 2. The van der Waals surface area contributed by atoms with E-state index < -0.39 is 0 Å². The van der Waals surface area contributed by atoms with Crippen LogP contribution in [0.3, 0.4) is 0 Å². The van der Waals surface area contributed by atoms with Crippen molar-refractivity contribution in [2.75, 3.05) is 11.1 Å². The maximum absolute atomic E-state index is 6.00. The molecule has 2 heterocycles. The number of nitrogen functional groups attached to an aromatic ring is 1. The average molecular weight is 453 g/mol. The molecule has 0 unspecified atom stereocenters. The topological polar surface area (TPSA) is 107 Å². The molecule has 0 aliphatic heterocycles. The summed E-state index contributed by atoms with van der Waals surface area (Å²) in [5, 5.41) is 13.4. The molecule has 0 aliphatic carbocycles. The van der Waals surface area contributed by atoms with Gasteiger partial charge in [-0.05, 0) is 49.7 Å². The van der Waals surface area contributed by atoms with Crippen molar-refractivity contribution in [3.63, 3.8) is 0 Å². The third-order valence-corrected chi connectivity index (χ3v) is 5.77. The lowest BCUT2D eigenvalue weighted by Crippen LogP contribution is -2.07. The third kappa shape index (κ3) is 4.95. The monoisotopic (exact) mass is 452 g/mol. The molecule has 0 saturated carbocycles. The number of nitrogens with one attached hydrogen (secondary N) is 1. The fourth-order valence-electron chi connectivity index (χ4n) is 3.01. The van der Waals surface area contributed by atoms with Crippen molar-refractivity contribution in [3.05, 3.63) is 64.9 Å². The summed E-state index contributed by atoms with van der Waals surface area (Å²) in [7, 11) is 0. The van der Waals surface area contributed by atoms with Gasteiger partial charge in [0.15, 0.2) is 11.0 Å². The van der Waals surface area contributed by atoms with Crippen LogP contribution in [0.25, 0.3) is 11.4 Å². The summed E-state index contributed by atoms with van der Waals surface area (Å²) >= 11 is 7.50. The van der Waals surface area contributed by atoms with Gasteiger partial charge in [-0.15, -0.1) is 10.2 Å². The van der Waals surface area contributed by atoms with Crippen LogP contribution >= 0.6 is 23.4 Å². The molecule has 0 fully saturated rings. The second-order valence-electron chi connectivity index (χ2n) is 6.72. The van der Waals surface area contributed by atoms with Gasteiger partial charge in [0.05, 0.1) is 5.75 Å². The molecule has 2 aromatic heterocycles. The van der Waals surface area contributed by atoms with Crippen molar-refractivity contribution >= 4 is 40.9 Å². The number of thioether (sulfide) groups is 1. The molecule has 4 rings (SSSR count). The Morgan fingerprint density at radius 3 is 2.55 bits per heavy atom. The number of halogens is 1. The minimum absolute atomic E-state index is 0.167. The lowest BCUT2D eigenvalue weighted by Gasteiger charge is -2.10. The molecule has 2 aromatic carbocycles. The lowest BCUT2D eigenvalue weighted by molar-refractivity contribution is 0.687. The molecule has 0 saturated heterocycles. The van der Waals surface area contributed by atoms with Crippen LogP contribution in [0.4, 0.5) is 17.6 Å². The third-order valence-electron chi connectivity index (χ3n) is 4.56. The highest BCUT2D eigenvalue weighted by atomic mass is 35.5. The summed E-state index contributed by atoms with van der Waals surface area (Å²) in [6.07, 6.45) is 0. The number of nitrogens with zero attached hydrogens (tertiary/aromatic N) is 6. The highest BCUT2D eigenvalue weighted by Gasteiger charge is 2.15. The van der Waals surface area contributed by atoms with Crippen LogP contribution < -0.4 is 11.1 Å². The van der Waals surface area contributed by atoms with E-state index in [9.17, 15) is 0 Å². The molecule has 0 amide bonds. The molecule has 8 nitrogen and oxygen atoms in total. The predicted molar refractivity (Wildman–Crippen MR) is 124 cm³/mol. The Morgan fingerprint density at radius 2 is 1.81 bits per heavy atom. The van der Waals surface area contributed by atoms with Gasteiger partial charge >= 0.3 is 0 Å². The smallest absolute Gasteiger partial charge is 0.232 e. The first-order chi connectivity index (χ1) is 15.0. The minimum atomic E-state index is 0.167. The van der Waals surface area contributed by atoms with Gasteiger partial charge in [-0.2, -0.15) is 15.0 Å². The molecule has 0 atom stereocenters. The summed E-state index contributed by atoms with van der Waals surface area (Å²) < 4.78 is 2.05. The standard InChI is InChI=1S/C21H21ClN8S/c1-3-30-18(14-8-10-15(22)11-9-14)28-29-21(30)31-12-17-25-19(23)27-20(26-17)24-16-7-5-4-6-13(16)2/h4-11H,3,12H2,1-2H3,(H3,23,24,25,26,27). The maximum Gasteiger partial charge on any atom is 0.232 e. The summed E-state index contributed by atoms with van der Waals surface area (Å²) in [5.74, 6) is 2.41. The van der Waals surface area contributed by atoms with Crippen LogP contribution in [0.2, 0.25) is 5.02 Å². The number of rotatable bonds is 7. The Kier molecular flexibility index (Phi) is 6.34. The van der Waals surface area contributed by atoms with E-state index in [0.717, 1.165) is 34.3 Å². The average Bonchev–Trinajstić information content (AvgIpc) is 3.17. The lowest BCUT2D eigenvalue weighted by atomic mass is 10.2. The van der Waals surface area contributed by atoms with Crippen molar-refractivity contribution in [2.24, 2.45) is 0 Å². The van der Waals surface area contributed by atoms with E-state index in [2.05, 4.69) is 37.4 Å². The van der Waals surface area contributed by atoms with E-state index in [1.807, 2.05) is 60.0 Å². The van der Waals surface area contributed by atoms with Crippen molar-refractivity contribution in [2.45, 2.75) is 31.3 Å². The maximum atomic E-state index is 6.00. The van der Waals surface area contributed by atoms with Crippen LogP contribution in [0.1, 0.15) is 18.3 Å². The second kappa shape index (κ2) is 9.32. The van der Waals surface area contributed by atoms with E-state index in [-0.39, 0.29) is 5.95 Å². The van der Waals surface area contributed by atoms with Crippen LogP contribution in [-0.2, 0) is 12.3 Å². The Hall–Kier alpha value is -3.17. The predicted octanol–water partition coefficient (Wildman–Crippen LogP) is 4.73. The zero-order chi connectivity index (χ0) is 21.8. The highest BCUT2D eigenvalue weighted by Crippen LogP contribution is 2.27. The van der Waals surface area contributed by atoms with Crippen LogP contribution in [0, 0.1) is 6.92 Å². The molecular weight excluding hydrogens is 432 g/mol. The number of para-hydroxylation sites is 1. The second-order valence-corrected chi connectivity index (χ2v) is 8.10. The van der Waals surface area contributed by atoms with E-state index >= 15 is 0 Å². The molecule has 158 valence electrons. The van der Waals surface area contributed by atoms with Gasteiger partial charge in [-0.1, -0.05) is 41.6 Å². The van der Waals surface area contributed by atoms with Crippen molar-refractivity contribution in [1.82, 2.24) is 29.7 Å². The Balaban J connectivity index is 1.52. The molecule has 0 bridgehead atoms. The van der Waals surface area contributed by atoms with Gasteiger partial charge in [0.25, 0.3) is 0 Å². The normalized spacial score (nSPS) is 10.9. The van der Waals surface area contributed by atoms with Gasteiger partial charge < -0.3 is 15.6 Å². The van der Waals surface area contributed by atoms with Crippen molar-refractivity contribution in [1.29, 1.82) is 0 Å². The van der Waals surface area contributed by atoms with E-state index in [1.54, 1.807) is 0 Å². The molecule has 31 heavy (non-hydrogen) atoms. The number of anilines is 3. The number of aromatic nitrogens is 6. The molecule has 0 spiro atoms. The van der Waals surface area contributed by atoms with Gasteiger partial charge in [0.2, 0.25) is 11.9 Å². The highest BCUT2D eigenvalue weighted by molar-refractivity contribution is 7.98. The molecule has 0 radical (unpaired) electrons. The van der Waals surface area contributed by atoms with Gasteiger partial charge in [-0.3, -0.25) is 0 Å². The molecule has 10 heteroatoms. The summed E-state index contributed by atoms with van der Waals surface area (Å²) in [6, 6.07) is 15.5. The number of nitrogens with two attached hydrogens (primary N) is 1. The zero-order valence-corrected chi connectivity index (χ0v) is 18.7. The first-order valence-electron chi connectivity index (χ1n) is 9.68. The summed E-state index contributed by atoms with van der Waals surface area (Å²) in [6.45, 7) is 4.80. The Labute approximate surface area is 189 Å². The Bertz CT molecular complexity index is 1190. The fourth-order valence-corrected chi connectivity index (χ4v) is 4.00. The van der Waals surface area contributed by atoms with Crippen LogP contribution in [0.15, 0.2) is 53.7 Å². The van der Waals surface area contributed by atoms with E-state index in [1.165, 1.54) is 11.8 Å². The van der Waals surface area contributed by atoms with Gasteiger partial charge in [-0.25, -0.2) is 0 Å². The zero-order valence-electron chi connectivity index (χ0n) is 17.1. The molecule has 4 aromatic rings. The van der Waals surface area contributed by atoms with E-state index in [4.69, 9.17) is 17.3 Å². The first kappa shape index (κ1) is 21.1. The summed E-state index contributed by atoms with van der Waals surface area (Å²) in [4.78, 5) is 13.0. The van der Waals surface area contributed by atoms with Crippen LogP contribution in [-0.4, -0.2) is 29.7 Å². The SMILES string of the molecule is CCn1c(SCc2nc(N)nc(Nc3ccccc3C)n2)nnc1-c1ccc(Cl)cc1. The van der Waals surface area contributed by atoms with Crippen molar-refractivity contribution < 1.29 is 0 Å². The first-order valence-corrected chi connectivity index (χ1v) is 11.0. The quantitative estimate of drug-likeness (QED) is 0.387. The van der Waals surface area contributed by atoms with Gasteiger partial charge in [0, 0.05) is 22.8 Å². The van der Waals surface area contributed by atoms with E-state index in [0.29, 0.717) is 22.5 Å². The molecule has 3 N–H and O–H groups in total. The largest absolute Gasteiger partial charge is 0.368 e. The van der Waals surface area contributed by atoms with Crippen LogP contribution in [0.5, 0.6) is 0 Å². The number of hydrogen-bond acceptors (Lipinski definition) is 8. The minimum Gasteiger partial charge on any atom is -0.368 e. The number of aryl methyl sites for hydroxylation is 1. The van der Waals surface area contributed by atoms with Crippen molar-refractivity contribution in [3.8, 4) is 11.4 Å². The number of benzene rings is 2. The summed E-state index contributed by atoms with van der Waals surface area (Å²) in [5.41, 5.74) is 8.88. The fraction of sp³-hybridized carbons (Fsp3) is 0.190. The molecule has 0 aliphatic rings. The molecular formula is C21H21ClN8S. The Morgan fingerprint density at radius 1 is 1.03 bits per heavy atom. The van der Waals surface area contributed by atoms with Gasteiger partial charge in [0.1, 0.15) is 5.82 Å².